The molecule has 0 rings (SSSR count). The first-order valence-electron chi connectivity index (χ1n) is 9.77. The molecule has 0 fully saturated rings. The summed E-state index contributed by atoms with van der Waals surface area (Å²) in [5.41, 5.74) is 3.36. The highest BCUT2D eigenvalue weighted by atomic mass is 16.3. The van der Waals surface area contributed by atoms with E-state index in [9.17, 15) is 9.90 Å². The lowest BCUT2D eigenvalue weighted by Gasteiger charge is -2.31. The molecule has 0 aliphatic heterocycles. The van der Waals surface area contributed by atoms with Gasteiger partial charge in [-0.15, -0.1) is 0 Å². The highest BCUT2D eigenvalue weighted by Crippen LogP contribution is 2.12. The lowest BCUT2D eigenvalue weighted by molar-refractivity contribution is -0.927. The molecule has 4 nitrogen and oxygen atoms in total. The first kappa shape index (κ1) is 23.1. The number of nitrogens with one attached hydrogen (secondary N) is 1. The standard InChI is InChI=1S/C20H40N2O2/c1-6-7-8-9-10-11-12-13-14-15-16-19(23)17-22(4,5)21-20(24)18(2)3/h19,23H,2,6-17H2,1,3-5H3/p+1/t19-/m1/s1. The average Bonchev–Trinajstić information content (AvgIpc) is 2.48. The normalized spacial score (nSPS) is 12.9. The Labute approximate surface area is 149 Å². The molecular weight excluding hydrogens is 300 g/mol. The largest absolute Gasteiger partial charge is 0.387 e. The third-order valence-electron chi connectivity index (χ3n) is 4.35. The molecule has 0 bridgehead atoms. The van der Waals surface area contributed by atoms with Crippen LogP contribution in [0, 0.1) is 0 Å². The zero-order valence-corrected chi connectivity index (χ0v) is 16.6. The summed E-state index contributed by atoms with van der Waals surface area (Å²) in [6, 6.07) is 0. The van der Waals surface area contributed by atoms with Crippen LogP contribution >= 0.6 is 0 Å². The van der Waals surface area contributed by atoms with Crippen molar-refractivity contribution in [3.8, 4) is 0 Å². The molecule has 142 valence electrons. The van der Waals surface area contributed by atoms with Gasteiger partial charge >= 0.3 is 0 Å². The second-order valence-electron chi connectivity index (χ2n) is 7.71. The van der Waals surface area contributed by atoms with E-state index < -0.39 is 0 Å². The van der Waals surface area contributed by atoms with Crippen molar-refractivity contribution in [2.45, 2.75) is 90.6 Å². The third-order valence-corrected chi connectivity index (χ3v) is 4.35. The Bertz CT molecular complexity index is 354. The van der Waals surface area contributed by atoms with E-state index in [2.05, 4.69) is 18.9 Å². The number of hydrogen-bond donors (Lipinski definition) is 2. The lowest BCUT2D eigenvalue weighted by atomic mass is 10.0. The number of quaternary nitrogens is 1. The average molecular weight is 342 g/mol. The Kier molecular flexibility index (Phi) is 12.9. The van der Waals surface area contributed by atoms with Gasteiger partial charge in [-0.2, -0.15) is 5.43 Å². The SMILES string of the molecule is C=C(C)C(=O)N[N+](C)(C)C[C@H](O)CCCCCCCCCCCC. The Morgan fingerprint density at radius 3 is 1.92 bits per heavy atom. The summed E-state index contributed by atoms with van der Waals surface area (Å²) in [6.07, 6.45) is 13.5. The number of aliphatic hydroxyl groups excluding tert-OH is 1. The molecule has 0 aliphatic rings. The Hall–Kier alpha value is -0.870. The lowest BCUT2D eigenvalue weighted by Crippen LogP contribution is -2.57. The van der Waals surface area contributed by atoms with Gasteiger partial charge in [-0.25, -0.2) is 4.59 Å². The van der Waals surface area contributed by atoms with Crippen molar-refractivity contribution >= 4 is 5.91 Å². The van der Waals surface area contributed by atoms with Crippen molar-refractivity contribution in [1.29, 1.82) is 0 Å². The predicted molar refractivity (Wildman–Crippen MR) is 102 cm³/mol. The number of rotatable bonds is 15. The van der Waals surface area contributed by atoms with Gasteiger partial charge < -0.3 is 5.11 Å². The molecule has 1 amide bonds. The molecule has 4 heteroatoms. The van der Waals surface area contributed by atoms with E-state index in [0.29, 0.717) is 12.1 Å². The van der Waals surface area contributed by atoms with Gasteiger partial charge in [-0.05, 0) is 13.3 Å². The molecule has 0 aromatic carbocycles. The highest BCUT2D eigenvalue weighted by Gasteiger charge is 2.23. The van der Waals surface area contributed by atoms with E-state index in [1.165, 1.54) is 57.8 Å². The number of hydrogen-bond acceptors (Lipinski definition) is 2. The van der Waals surface area contributed by atoms with Crippen molar-refractivity contribution in [2.24, 2.45) is 0 Å². The van der Waals surface area contributed by atoms with E-state index in [1.54, 1.807) is 6.92 Å². The molecule has 1 atom stereocenters. The predicted octanol–water partition coefficient (Wildman–Crippen LogP) is 4.34. The zero-order chi connectivity index (χ0) is 18.4. The van der Waals surface area contributed by atoms with Crippen LogP contribution in [0.1, 0.15) is 84.5 Å². The van der Waals surface area contributed by atoms with Crippen LogP contribution in [-0.4, -0.2) is 42.3 Å². The van der Waals surface area contributed by atoms with Crippen molar-refractivity contribution in [2.75, 3.05) is 20.6 Å². The van der Waals surface area contributed by atoms with E-state index in [1.807, 2.05) is 14.1 Å². The Balaban J connectivity index is 3.63. The van der Waals surface area contributed by atoms with Crippen LogP contribution in [0.25, 0.3) is 0 Å². The summed E-state index contributed by atoms with van der Waals surface area (Å²) >= 11 is 0. The summed E-state index contributed by atoms with van der Waals surface area (Å²) in [6.45, 7) is 8.11. The van der Waals surface area contributed by atoms with Crippen molar-refractivity contribution in [3.05, 3.63) is 12.2 Å². The molecule has 0 saturated carbocycles. The molecule has 0 aliphatic carbocycles. The minimum absolute atomic E-state index is 0.161. The zero-order valence-electron chi connectivity index (χ0n) is 16.6. The molecule has 0 heterocycles. The molecule has 0 aromatic heterocycles. The van der Waals surface area contributed by atoms with Gasteiger partial charge in [0, 0.05) is 5.57 Å². The van der Waals surface area contributed by atoms with Crippen LogP contribution in [0.2, 0.25) is 0 Å². The fourth-order valence-electron chi connectivity index (χ4n) is 2.90. The van der Waals surface area contributed by atoms with Gasteiger partial charge in [-0.1, -0.05) is 77.7 Å². The van der Waals surface area contributed by atoms with Gasteiger partial charge in [-0.3, -0.25) is 4.79 Å². The van der Waals surface area contributed by atoms with E-state index in [-0.39, 0.29) is 16.6 Å². The summed E-state index contributed by atoms with van der Waals surface area (Å²) in [4.78, 5) is 11.7. The van der Waals surface area contributed by atoms with Crippen LogP contribution in [0.3, 0.4) is 0 Å². The fourth-order valence-corrected chi connectivity index (χ4v) is 2.90. The number of likely N-dealkylation sites (N-methyl/N-ethyl adjacent to an activating group) is 1. The number of nitrogens with zero attached hydrogens (tertiary/aromatic N) is 1. The van der Waals surface area contributed by atoms with Crippen LogP contribution in [0.15, 0.2) is 12.2 Å². The number of carbonyl (C=O) groups is 1. The number of aliphatic hydroxyl groups is 1. The second kappa shape index (κ2) is 13.4. The molecule has 0 spiro atoms. The fraction of sp³-hybridized carbons (Fsp3) is 0.850. The maximum absolute atomic E-state index is 11.7. The van der Waals surface area contributed by atoms with E-state index in [4.69, 9.17) is 0 Å². The van der Waals surface area contributed by atoms with E-state index >= 15 is 0 Å². The minimum atomic E-state index is -0.375. The summed E-state index contributed by atoms with van der Waals surface area (Å²) < 4.78 is 0.282. The van der Waals surface area contributed by atoms with Crippen molar-refractivity contribution in [1.82, 2.24) is 5.43 Å². The number of amides is 1. The molecular formula is C20H41N2O2+. The summed E-state index contributed by atoms with van der Waals surface area (Å²) in [7, 11) is 3.78. The van der Waals surface area contributed by atoms with Gasteiger partial charge in [0.2, 0.25) is 0 Å². The molecule has 2 N–H and O–H groups in total. The summed E-state index contributed by atoms with van der Waals surface area (Å²) in [5, 5.41) is 10.2. The van der Waals surface area contributed by atoms with Gasteiger partial charge in [0.25, 0.3) is 5.91 Å². The van der Waals surface area contributed by atoms with Gasteiger partial charge in [0.05, 0.1) is 14.1 Å². The van der Waals surface area contributed by atoms with Crippen LogP contribution in [-0.2, 0) is 4.79 Å². The smallest absolute Gasteiger partial charge is 0.290 e. The molecule has 24 heavy (non-hydrogen) atoms. The second-order valence-corrected chi connectivity index (χ2v) is 7.71. The first-order valence-corrected chi connectivity index (χ1v) is 9.77. The van der Waals surface area contributed by atoms with E-state index in [0.717, 1.165) is 12.8 Å². The van der Waals surface area contributed by atoms with Crippen molar-refractivity contribution in [3.63, 3.8) is 0 Å². The van der Waals surface area contributed by atoms with Crippen LogP contribution in [0.4, 0.5) is 0 Å². The number of unbranched alkanes of at least 4 members (excludes halogenated alkanes) is 9. The van der Waals surface area contributed by atoms with Crippen molar-refractivity contribution < 1.29 is 14.5 Å². The number of carbonyl (C=O) groups excluding carboxylic acids is 1. The topological polar surface area (TPSA) is 49.3 Å². The minimum Gasteiger partial charge on any atom is -0.387 e. The first-order chi connectivity index (χ1) is 11.3. The monoisotopic (exact) mass is 341 g/mol. The van der Waals surface area contributed by atoms with Crippen LogP contribution in [0.5, 0.6) is 0 Å². The maximum atomic E-state index is 11.7. The molecule has 0 aromatic rings. The highest BCUT2D eigenvalue weighted by molar-refractivity contribution is 5.91. The van der Waals surface area contributed by atoms with Gasteiger partial charge in [0.1, 0.15) is 12.6 Å². The van der Waals surface area contributed by atoms with Gasteiger partial charge in [0.15, 0.2) is 0 Å². The quantitative estimate of drug-likeness (QED) is 0.201. The maximum Gasteiger partial charge on any atom is 0.290 e. The van der Waals surface area contributed by atoms with Crippen LogP contribution < -0.4 is 5.43 Å². The molecule has 0 radical (unpaired) electrons. The molecule has 0 saturated heterocycles. The summed E-state index contributed by atoms with van der Waals surface area (Å²) in [5.74, 6) is -0.161. The Morgan fingerprint density at radius 2 is 1.46 bits per heavy atom. The third kappa shape index (κ3) is 13.6. The molecule has 0 unspecified atom stereocenters. The Morgan fingerprint density at radius 1 is 1.00 bits per heavy atom.